The largest absolute Gasteiger partial charge is 0.497 e. The molecule has 0 bridgehead atoms. The zero-order valence-corrected chi connectivity index (χ0v) is 16.7. The molecule has 0 aliphatic carbocycles. The van der Waals surface area contributed by atoms with Crippen molar-refractivity contribution in [2.75, 3.05) is 13.7 Å². The molecule has 1 saturated heterocycles. The van der Waals surface area contributed by atoms with Crippen molar-refractivity contribution < 1.29 is 19.1 Å². The summed E-state index contributed by atoms with van der Waals surface area (Å²) in [6.07, 6.45) is 0.985. The molecule has 0 aromatic heterocycles. The van der Waals surface area contributed by atoms with E-state index in [2.05, 4.69) is 10.6 Å². The highest BCUT2D eigenvalue weighted by atomic mass is 16.5. The molecule has 4 amide bonds. The van der Waals surface area contributed by atoms with Gasteiger partial charge in [-0.1, -0.05) is 39.8 Å². The van der Waals surface area contributed by atoms with Crippen LogP contribution in [0.1, 0.15) is 52.1 Å². The highest BCUT2D eigenvalue weighted by Crippen LogP contribution is 2.26. The Balaban J connectivity index is 2.10. The third-order valence-corrected chi connectivity index (χ3v) is 5.21. The highest BCUT2D eigenvalue weighted by Gasteiger charge is 2.49. The second-order valence-electron chi connectivity index (χ2n) is 7.17. The number of hydrogen-bond donors (Lipinski definition) is 2. The molecule has 0 radical (unpaired) electrons. The number of nitrogens with zero attached hydrogens (tertiary/aromatic N) is 1. The Morgan fingerprint density at radius 3 is 2.22 bits per heavy atom. The second kappa shape index (κ2) is 8.41. The van der Waals surface area contributed by atoms with Crippen LogP contribution in [0.15, 0.2) is 24.3 Å². The molecular weight excluding hydrogens is 346 g/mol. The van der Waals surface area contributed by atoms with E-state index in [9.17, 15) is 14.4 Å². The molecule has 2 rings (SSSR count). The lowest BCUT2D eigenvalue weighted by molar-refractivity contribution is -0.135. The van der Waals surface area contributed by atoms with E-state index in [0.29, 0.717) is 12.8 Å². The Bertz CT molecular complexity index is 696. The Hall–Kier alpha value is -2.57. The van der Waals surface area contributed by atoms with Gasteiger partial charge in [-0.3, -0.25) is 14.5 Å². The minimum atomic E-state index is -0.898. The van der Waals surface area contributed by atoms with Crippen LogP contribution in [0.3, 0.4) is 0 Å². The molecule has 0 unspecified atom stereocenters. The fourth-order valence-electron chi connectivity index (χ4n) is 3.36. The van der Waals surface area contributed by atoms with Crippen LogP contribution in [0.5, 0.6) is 5.75 Å². The van der Waals surface area contributed by atoms with Crippen LogP contribution >= 0.6 is 0 Å². The Kier molecular flexibility index (Phi) is 6.46. The molecule has 1 aliphatic heterocycles. The topological polar surface area (TPSA) is 87.7 Å². The number of carbonyl (C=O) groups is 3. The van der Waals surface area contributed by atoms with Crippen LogP contribution in [-0.2, 0) is 9.59 Å². The Labute approximate surface area is 160 Å². The number of urea groups is 1. The summed E-state index contributed by atoms with van der Waals surface area (Å²) in [5.74, 6) is 0.174. The third kappa shape index (κ3) is 4.23. The maximum absolute atomic E-state index is 12.6. The number of ether oxygens (including phenoxy) is 1. The van der Waals surface area contributed by atoms with Gasteiger partial charge in [0, 0.05) is 0 Å². The zero-order chi connectivity index (χ0) is 20.2. The van der Waals surface area contributed by atoms with E-state index in [1.165, 1.54) is 0 Å². The van der Waals surface area contributed by atoms with Crippen LogP contribution in [0.2, 0.25) is 0 Å². The SMILES string of the molecule is CCC1(CC)NC(=O)N(CC(=O)N[C@H](c2ccc(OC)cc2)C(C)C)C1=O. The van der Waals surface area contributed by atoms with E-state index < -0.39 is 11.6 Å². The van der Waals surface area contributed by atoms with E-state index in [1.807, 2.05) is 52.0 Å². The van der Waals surface area contributed by atoms with Gasteiger partial charge in [0.25, 0.3) is 5.91 Å². The van der Waals surface area contributed by atoms with Gasteiger partial charge in [0.15, 0.2) is 0 Å². The van der Waals surface area contributed by atoms with Crippen molar-refractivity contribution in [1.82, 2.24) is 15.5 Å². The van der Waals surface area contributed by atoms with Crippen molar-refractivity contribution in [3.05, 3.63) is 29.8 Å². The van der Waals surface area contributed by atoms with Crippen molar-refractivity contribution in [3.8, 4) is 5.75 Å². The van der Waals surface area contributed by atoms with Crippen molar-refractivity contribution in [3.63, 3.8) is 0 Å². The molecule has 1 heterocycles. The third-order valence-electron chi connectivity index (χ3n) is 5.21. The fourth-order valence-corrected chi connectivity index (χ4v) is 3.36. The van der Waals surface area contributed by atoms with Gasteiger partial charge in [-0.2, -0.15) is 0 Å². The summed E-state index contributed by atoms with van der Waals surface area (Å²) in [7, 11) is 1.60. The average molecular weight is 375 g/mol. The predicted octanol–water partition coefficient (Wildman–Crippen LogP) is 2.62. The van der Waals surface area contributed by atoms with Crippen molar-refractivity contribution in [2.45, 2.75) is 52.1 Å². The van der Waals surface area contributed by atoms with E-state index in [0.717, 1.165) is 16.2 Å². The molecule has 148 valence electrons. The van der Waals surface area contributed by atoms with Crippen molar-refractivity contribution in [2.24, 2.45) is 5.92 Å². The van der Waals surface area contributed by atoms with Gasteiger partial charge in [-0.15, -0.1) is 0 Å². The van der Waals surface area contributed by atoms with Crippen LogP contribution in [-0.4, -0.2) is 41.9 Å². The lowest BCUT2D eigenvalue weighted by atomic mass is 9.93. The molecule has 2 N–H and O–H groups in total. The maximum Gasteiger partial charge on any atom is 0.325 e. The molecule has 27 heavy (non-hydrogen) atoms. The van der Waals surface area contributed by atoms with Crippen molar-refractivity contribution in [1.29, 1.82) is 0 Å². The van der Waals surface area contributed by atoms with Gasteiger partial charge in [0.2, 0.25) is 5.91 Å². The summed E-state index contributed by atoms with van der Waals surface area (Å²) in [5.41, 5.74) is 0.0398. The molecule has 1 aromatic carbocycles. The highest BCUT2D eigenvalue weighted by molar-refractivity contribution is 6.09. The summed E-state index contributed by atoms with van der Waals surface area (Å²) in [6.45, 7) is 7.42. The summed E-state index contributed by atoms with van der Waals surface area (Å²) in [6, 6.07) is 6.74. The molecule has 0 saturated carbocycles. The summed E-state index contributed by atoms with van der Waals surface area (Å²) in [4.78, 5) is 38.4. The Morgan fingerprint density at radius 1 is 1.19 bits per heavy atom. The molecule has 7 nitrogen and oxygen atoms in total. The number of methoxy groups -OCH3 is 1. The standard InChI is InChI=1S/C20H29N3O4/c1-6-20(7-2)18(25)23(19(26)22-20)12-16(24)21-17(13(3)4)14-8-10-15(27-5)11-9-14/h8-11,13,17H,6-7,12H2,1-5H3,(H,21,24)(H,22,26)/t17-/m0/s1. The minimum absolute atomic E-state index is 0.135. The molecule has 1 atom stereocenters. The van der Waals surface area contributed by atoms with Gasteiger partial charge in [0.1, 0.15) is 17.8 Å². The van der Waals surface area contributed by atoms with E-state index >= 15 is 0 Å². The number of hydrogen-bond acceptors (Lipinski definition) is 4. The van der Waals surface area contributed by atoms with E-state index in [4.69, 9.17) is 4.74 Å². The van der Waals surface area contributed by atoms with Crippen LogP contribution in [0, 0.1) is 5.92 Å². The quantitative estimate of drug-likeness (QED) is 0.684. The van der Waals surface area contributed by atoms with Crippen molar-refractivity contribution >= 4 is 17.8 Å². The van der Waals surface area contributed by atoms with E-state index in [1.54, 1.807) is 7.11 Å². The first-order valence-corrected chi connectivity index (χ1v) is 9.35. The first-order chi connectivity index (χ1) is 12.8. The lowest BCUT2D eigenvalue weighted by Crippen LogP contribution is -2.47. The fraction of sp³-hybridized carbons (Fsp3) is 0.550. The number of imide groups is 1. The van der Waals surface area contributed by atoms with Crippen LogP contribution in [0.25, 0.3) is 0 Å². The number of amides is 4. The Morgan fingerprint density at radius 2 is 1.78 bits per heavy atom. The van der Waals surface area contributed by atoms with Crippen LogP contribution in [0.4, 0.5) is 4.79 Å². The van der Waals surface area contributed by atoms with Gasteiger partial charge < -0.3 is 15.4 Å². The van der Waals surface area contributed by atoms with Gasteiger partial charge >= 0.3 is 6.03 Å². The minimum Gasteiger partial charge on any atom is -0.497 e. The summed E-state index contributed by atoms with van der Waals surface area (Å²) >= 11 is 0. The number of benzene rings is 1. The normalized spacial score (nSPS) is 17.0. The molecule has 1 aromatic rings. The number of carbonyl (C=O) groups excluding carboxylic acids is 3. The number of nitrogens with one attached hydrogen (secondary N) is 2. The van der Waals surface area contributed by atoms with Gasteiger partial charge in [-0.05, 0) is 36.5 Å². The summed E-state index contributed by atoms with van der Waals surface area (Å²) < 4.78 is 5.17. The first-order valence-electron chi connectivity index (χ1n) is 9.35. The molecule has 1 aliphatic rings. The van der Waals surface area contributed by atoms with Gasteiger partial charge in [-0.25, -0.2) is 4.79 Å². The van der Waals surface area contributed by atoms with Gasteiger partial charge in [0.05, 0.1) is 13.2 Å². The number of rotatable bonds is 8. The first kappa shape index (κ1) is 20.7. The monoisotopic (exact) mass is 375 g/mol. The lowest BCUT2D eigenvalue weighted by Gasteiger charge is -2.25. The molecule has 7 heteroatoms. The maximum atomic E-state index is 12.6. The molecule has 0 spiro atoms. The predicted molar refractivity (Wildman–Crippen MR) is 102 cm³/mol. The average Bonchev–Trinajstić information content (AvgIpc) is 2.90. The zero-order valence-electron chi connectivity index (χ0n) is 16.7. The van der Waals surface area contributed by atoms with Crippen LogP contribution < -0.4 is 15.4 Å². The second-order valence-corrected chi connectivity index (χ2v) is 7.17. The van der Waals surface area contributed by atoms with E-state index in [-0.39, 0.29) is 30.3 Å². The smallest absolute Gasteiger partial charge is 0.325 e. The molecular formula is C20H29N3O4. The molecule has 1 fully saturated rings. The summed E-state index contributed by atoms with van der Waals surface area (Å²) in [5, 5.41) is 5.68.